The minimum atomic E-state index is -0.0866. The Labute approximate surface area is 158 Å². The van der Waals surface area contributed by atoms with Crippen molar-refractivity contribution in [2.75, 3.05) is 13.1 Å². The normalized spacial score (nSPS) is 17.8. The highest BCUT2D eigenvalue weighted by atomic mass is 35.5. The van der Waals surface area contributed by atoms with Crippen molar-refractivity contribution in [3.8, 4) is 0 Å². The molecule has 4 rings (SSSR count). The lowest BCUT2D eigenvalue weighted by Gasteiger charge is -2.42. The van der Waals surface area contributed by atoms with Crippen molar-refractivity contribution in [2.45, 2.75) is 37.6 Å². The SMILES string of the molecule is Cl.O=C(NCC1(c2ccc(Cl)cc2)CCC1)c1n[nH]c2c1CNCC2. The fraction of sp³-hybridized carbons (Fsp3) is 0.444. The molecule has 1 amide bonds. The third-order valence-corrected chi connectivity index (χ3v) is 5.63. The van der Waals surface area contributed by atoms with Crippen molar-refractivity contribution in [1.29, 1.82) is 0 Å². The van der Waals surface area contributed by atoms with Crippen LogP contribution in [0.4, 0.5) is 0 Å². The number of rotatable bonds is 4. The second kappa shape index (κ2) is 7.36. The highest BCUT2D eigenvalue weighted by Crippen LogP contribution is 2.43. The molecule has 0 spiro atoms. The van der Waals surface area contributed by atoms with E-state index in [1.54, 1.807) is 0 Å². The molecule has 7 heteroatoms. The zero-order valence-electron chi connectivity index (χ0n) is 13.9. The molecule has 2 aliphatic rings. The van der Waals surface area contributed by atoms with Crippen LogP contribution in [0.15, 0.2) is 24.3 Å². The van der Waals surface area contributed by atoms with Crippen LogP contribution in [0.25, 0.3) is 0 Å². The molecule has 0 radical (unpaired) electrons. The number of nitrogens with one attached hydrogen (secondary N) is 3. The summed E-state index contributed by atoms with van der Waals surface area (Å²) in [7, 11) is 0. The third-order valence-electron chi connectivity index (χ3n) is 5.38. The number of aromatic nitrogens is 2. The maximum atomic E-state index is 12.6. The number of carbonyl (C=O) groups is 1. The van der Waals surface area contributed by atoms with Crippen LogP contribution >= 0.6 is 24.0 Å². The molecule has 134 valence electrons. The lowest BCUT2D eigenvalue weighted by atomic mass is 9.64. The van der Waals surface area contributed by atoms with Crippen molar-refractivity contribution < 1.29 is 4.79 Å². The van der Waals surface area contributed by atoms with E-state index >= 15 is 0 Å². The van der Waals surface area contributed by atoms with E-state index in [-0.39, 0.29) is 23.7 Å². The molecular formula is C18H22Cl2N4O. The number of H-pyrrole nitrogens is 1. The van der Waals surface area contributed by atoms with Gasteiger partial charge in [-0.2, -0.15) is 5.10 Å². The summed E-state index contributed by atoms with van der Waals surface area (Å²) in [5, 5.41) is 14.4. The van der Waals surface area contributed by atoms with Crippen molar-refractivity contribution in [3.05, 3.63) is 51.8 Å². The van der Waals surface area contributed by atoms with Gasteiger partial charge in [-0.15, -0.1) is 12.4 Å². The van der Waals surface area contributed by atoms with Gasteiger partial charge in [0.1, 0.15) is 0 Å². The van der Waals surface area contributed by atoms with Crippen molar-refractivity contribution in [3.63, 3.8) is 0 Å². The lowest BCUT2D eigenvalue weighted by molar-refractivity contribution is 0.0921. The van der Waals surface area contributed by atoms with Gasteiger partial charge in [0.15, 0.2) is 5.69 Å². The number of benzene rings is 1. The number of halogens is 2. The van der Waals surface area contributed by atoms with E-state index < -0.39 is 0 Å². The summed E-state index contributed by atoms with van der Waals surface area (Å²) in [5.41, 5.74) is 3.91. The molecular weight excluding hydrogens is 359 g/mol. The monoisotopic (exact) mass is 380 g/mol. The molecule has 1 aromatic carbocycles. The minimum absolute atomic E-state index is 0. The van der Waals surface area contributed by atoms with Crippen LogP contribution in [0, 0.1) is 0 Å². The molecule has 1 aromatic heterocycles. The van der Waals surface area contributed by atoms with Gasteiger partial charge < -0.3 is 10.6 Å². The van der Waals surface area contributed by atoms with Crippen molar-refractivity contribution >= 4 is 29.9 Å². The van der Waals surface area contributed by atoms with Crippen LogP contribution in [0.5, 0.6) is 0 Å². The fourth-order valence-corrected chi connectivity index (χ4v) is 3.85. The smallest absolute Gasteiger partial charge is 0.272 e. The molecule has 0 unspecified atom stereocenters. The first-order valence-electron chi connectivity index (χ1n) is 8.49. The Hall–Kier alpha value is -1.56. The summed E-state index contributed by atoms with van der Waals surface area (Å²) < 4.78 is 0. The van der Waals surface area contributed by atoms with Crippen LogP contribution in [0.1, 0.15) is 46.6 Å². The van der Waals surface area contributed by atoms with Crippen LogP contribution in [0.2, 0.25) is 5.02 Å². The molecule has 0 atom stereocenters. The summed E-state index contributed by atoms with van der Waals surface area (Å²) in [4.78, 5) is 12.6. The average Bonchev–Trinajstić information content (AvgIpc) is 2.99. The molecule has 0 saturated heterocycles. The number of aromatic amines is 1. The zero-order chi connectivity index (χ0) is 16.6. The predicted molar refractivity (Wildman–Crippen MR) is 101 cm³/mol. The molecule has 1 fully saturated rings. The zero-order valence-corrected chi connectivity index (χ0v) is 15.5. The number of nitrogens with zero attached hydrogens (tertiary/aromatic N) is 1. The topological polar surface area (TPSA) is 69.8 Å². The number of hydrogen-bond donors (Lipinski definition) is 3. The predicted octanol–water partition coefficient (Wildman–Crippen LogP) is 2.98. The average molecular weight is 381 g/mol. The van der Waals surface area contributed by atoms with Gasteiger partial charge in [0.05, 0.1) is 0 Å². The Bertz CT molecular complexity index is 753. The molecule has 25 heavy (non-hydrogen) atoms. The number of hydrogen-bond acceptors (Lipinski definition) is 3. The van der Waals surface area contributed by atoms with E-state index in [2.05, 4.69) is 33.0 Å². The largest absolute Gasteiger partial charge is 0.350 e. The molecule has 1 saturated carbocycles. The van der Waals surface area contributed by atoms with Gasteiger partial charge in [-0.05, 0) is 30.5 Å². The molecule has 2 aromatic rings. The van der Waals surface area contributed by atoms with E-state index in [1.165, 1.54) is 12.0 Å². The third kappa shape index (κ3) is 3.41. The Morgan fingerprint density at radius 1 is 1.28 bits per heavy atom. The summed E-state index contributed by atoms with van der Waals surface area (Å²) in [5.74, 6) is -0.0866. The first kappa shape index (κ1) is 18.2. The van der Waals surface area contributed by atoms with E-state index in [1.807, 2.05) is 12.1 Å². The first-order chi connectivity index (χ1) is 11.7. The van der Waals surface area contributed by atoms with E-state index in [4.69, 9.17) is 11.6 Å². The number of amides is 1. The summed E-state index contributed by atoms with van der Waals surface area (Å²) in [6.45, 7) is 2.27. The molecule has 2 heterocycles. The first-order valence-corrected chi connectivity index (χ1v) is 8.87. The molecule has 1 aliphatic carbocycles. The maximum Gasteiger partial charge on any atom is 0.272 e. The van der Waals surface area contributed by atoms with E-state index in [0.29, 0.717) is 18.8 Å². The van der Waals surface area contributed by atoms with Crippen molar-refractivity contribution in [1.82, 2.24) is 20.8 Å². The van der Waals surface area contributed by atoms with Gasteiger partial charge in [-0.3, -0.25) is 9.89 Å². The van der Waals surface area contributed by atoms with Crippen LogP contribution in [0.3, 0.4) is 0 Å². The second-order valence-corrected chi connectivity index (χ2v) is 7.22. The van der Waals surface area contributed by atoms with Crippen LogP contribution < -0.4 is 10.6 Å². The molecule has 0 bridgehead atoms. The van der Waals surface area contributed by atoms with Crippen LogP contribution in [-0.2, 0) is 18.4 Å². The van der Waals surface area contributed by atoms with E-state index in [0.717, 1.165) is 42.1 Å². The summed E-state index contributed by atoms with van der Waals surface area (Å²) in [6.07, 6.45) is 4.27. The van der Waals surface area contributed by atoms with E-state index in [9.17, 15) is 4.79 Å². The van der Waals surface area contributed by atoms with Crippen LogP contribution in [-0.4, -0.2) is 29.2 Å². The standard InChI is InChI=1S/C18H21ClN4O.ClH/c19-13-4-2-12(3-5-13)18(7-1-8-18)11-21-17(24)16-14-10-20-9-6-15(14)22-23-16;/h2-5,20H,1,6-11H2,(H,21,24)(H,22,23);1H. The number of carbonyl (C=O) groups excluding carboxylic acids is 1. The van der Waals surface area contributed by atoms with Gasteiger partial charge in [-0.25, -0.2) is 0 Å². The fourth-order valence-electron chi connectivity index (χ4n) is 3.72. The minimum Gasteiger partial charge on any atom is -0.350 e. The highest BCUT2D eigenvalue weighted by Gasteiger charge is 2.39. The van der Waals surface area contributed by atoms with Gasteiger partial charge in [-0.1, -0.05) is 30.2 Å². The Kier molecular flexibility index (Phi) is 5.37. The van der Waals surface area contributed by atoms with Gasteiger partial charge in [0.2, 0.25) is 0 Å². The quantitative estimate of drug-likeness (QED) is 0.763. The van der Waals surface area contributed by atoms with Gasteiger partial charge in [0, 0.05) is 47.8 Å². The maximum absolute atomic E-state index is 12.6. The second-order valence-electron chi connectivity index (χ2n) is 6.78. The van der Waals surface area contributed by atoms with Crippen molar-refractivity contribution in [2.24, 2.45) is 0 Å². The summed E-state index contributed by atoms with van der Waals surface area (Å²) >= 11 is 6.00. The molecule has 3 N–H and O–H groups in total. The van der Waals surface area contributed by atoms with Gasteiger partial charge >= 0.3 is 0 Å². The lowest BCUT2D eigenvalue weighted by Crippen LogP contribution is -2.45. The van der Waals surface area contributed by atoms with Gasteiger partial charge in [0.25, 0.3) is 5.91 Å². The Morgan fingerprint density at radius 2 is 2.04 bits per heavy atom. The Balaban J connectivity index is 0.00000182. The molecule has 1 aliphatic heterocycles. The Morgan fingerprint density at radius 3 is 2.72 bits per heavy atom. The molecule has 5 nitrogen and oxygen atoms in total. The number of fused-ring (bicyclic) bond motifs is 1. The summed E-state index contributed by atoms with van der Waals surface area (Å²) in [6, 6.07) is 8.00. The highest BCUT2D eigenvalue weighted by molar-refractivity contribution is 6.30.